The molecular formula is C19H23N3O. The van der Waals surface area contributed by atoms with Gasteiger partial charge in [0.25, 0.3) is 0 Å². The summed E-state index contributed by atoms with van der Waals surface area (Å²) in [5, 5.41) is 6.37. The fourth-order valence-corrected chi connectivity index (χ4v) is 2.94. The number of rotatable bonds is 4. The van der Waals surface area contributed by atoms with Gasteiger partial charge in [0.15, 0.2) is 0 Å². The van der Waals surface area contributed by atoms with E-state index in [-0.39, 0.29) is 17.9 Å². The van der Waals surface area contributed by atoms with E-state index in [0.29, 0.717) is 0 Å². The lowest BCUT2D eigenvalue weighted by Crippen LogP contribution is -2.30. The summed E-state index contributed by atoms with van der Waals surface area (Å²) >= 11 is 0. The first kappa shape index (κ1) is 15.6. The van der Waals surface area contributed by atoms with Crippen molar-refractivity contribution in [1.82, 2.24) is 0 Å². The van der Waals surface area contributed by atoms with E-state index in [1.54, 1.807) is 0 Å². The number of hydrogen-bond donors (Lipinski definition) is 3. The van der Waals surface area contributed by atoms with Crippen LogP contribution in [-0.2, 0) is 11.2 Å². The summed E-state index contributed by atoms with van der Waals surface area (Å²) in [5.41, 5.74) is 10.5. The monoisotopic (exact) mass is 309 g/mol. The van der Waals surface area contributed by atoms with Crippen LogP contribution in [0.5, 0.6) is 0 Å². The molecule has 1 heterocycles. The maximum Gasteiger partial charge on any atom is 0.229 e. The lowest BCUT2D eigenvalue weighted by atomic mass is 9.94. The molecule has 4 heteroatoms. The summed E-state index contributed by atoms with van der Waals surface area (Å²) in [4.78, 5) is 12.5. The first-order valence-electron chi connectivity index (χ1n) is 8.13. The van der Waals surface area contributed by atoms with E-state index in [0.717, 1.165) is 30.6 Å². The van der Waals surface area contributed by atoms with Crippen molar-refractivity contribution in [2.24, 2.45) is 11.7 Å². The molecule has 0 fully saturated rings. The highest BCUT2D eigenvalue weighted by Gasteiger charge is 2.22. The van der Waals surface area contributed by atoms with Crippen molar-refractivity contribution in [2.75, 3.05) is 17.2 Å². The zero-order valence-electron chi connectivity index (χ0n) is 13.4. The van der Waals surface area contributed by atoms with Crippen molar-refractivity contribution in [1.29, 1.82) is 0 Å². The largest absolute Gasteiger partial charge is 0.385 e. The van der Waals surface area contributed by atoms with Crippen LogP contribution >= 0.6 is 0 Å². The van der Waals surface area contributed by atoms with Crippen LogP contribution < -0.4 is 16.4 Å². The summed E-state index contributed by atoms with van der Waals surface area (Å²) in [6.45, 7) is 2.88. The molecule has 1 aliphatic heterocycles. The maximum atomic E-state index is 12.5. The Morgan fingerprint density at radius 2 is 2.00 bits per heavy atom. The number of carbonyl (C=O) groups is 1. The number of carbonyl (C=O) groups excluding carboxylic acids is 1. The topological polar surface area (TPSA) is 67.2 Å². The second-order valence-corrected chi connectivity index (χ2v) is 6.12. The number of nitrogens with two attached hydrogens (primary N) is 1. The Balaban J connectivity index is 1.69. The molecule has 0 spiro atoms. The third-order valence-corrected chi connectivity index (χ3v) is 4.45. The number of anilines is 2. The Hall–Kier alpha value is -2.33. The summed E-state index contributed by atoms with van der Waals surface area (Å²) < 4.78 is 0. The van der Waals surface area contributed by atoms with Crippen molar-refractivity contribution in [3.05, 3.63) is 59.7 Å². The lowest BCUT2D eigenvalue weighted by molar-refractivity contribution is -0.120. The molecule has 0 aliphatic carbocycles. The predicted octanol–water partition coefficient (Wildman–Crippen LogP) is 3.32. The zero-order chi connectivity index (χ0) is 16.2. The number of benzene rings is 2. The third-order valence-electron chi connectivity index (χ3n) is 4.45. The van der Waals surface area contributed by atoms with Crippen LogP contribution in [0.4, 0.5) is 11.4 Å². The van der Waals surface area contributed by atoms with Gasteiger partial charge >= 0.3 is 0 Å². The molecule has 120 valence electrons. The molecule has 0 radical (unpaired) electrons. The summed E-state index contributed by atoms with van der Waals surface area (Å²) in [5.74, 6) is -0.350. The van der Waals surface area contributed by atoms with E-state index in [9.17, 15) is 4.79 Å². The van der Waals surface area contributed by atoms with Gasteiger partial charge in [-0.25, -0.2) is 0 Å². The van der Waals surface area contributed by atoms with Gasteiger partial charge in [-0.05, 0) is 42.2 Å². The van der Waals surface area contributed by atoms with Gasteiger partial charge in [-0.15, -0.1) is 0 Å². The van der Waals surface area contributed by atoms with Gasteiger partial charge in [-0.3, -0.25) is 4.79 Å². The minimum atomic E-state index is -0.310. The molecule has 23 heavy (non-hydrogen) atoms. The first-order chi connectivity index (χ1) is 11.1. The Morgan fingerprint density at radius 1 is 1.22 bits per heavy atom. The van der Waals surface area contributed by atoms with Crippen molar-refractivity contribution in [3.63, 3.8) is 0 Å². The van der Waals surface area contributed by atoms with Crippen LogP contribution in [0.25, 0.3) is 0 Å². The van der Waals surface area contributed by atoms with Crippen molar-refractivity contribution < 1.29 is 4.79 Å². The van der Waals surface area contributed by atoms with Gasteiger partial charge in [0.1, 0.15) is 0 Å². The molecule has 2 unspecified atom stereocenters. The standard InChI is InChI=1S/C19H23N3O/c1-13(18(20)14-6-3-2-4-7-14)19(23)22-16-9-10-17-15(12-16)8-5-11-21-17/h2-4,6-7,9-10,12-13,18,21H,5,8,11,20H2,1H3,(H,22,23). The average molecular weight is 309 g/mol. The van der Waals surface area contributed by atoms with E-state index < -0.39 is 0 Å². The molecule has 0 bridgehead atoms. The Labute approximate surface area is 137 Å². The summed E-state index contributed by atoms with van der Waals surface area (Å²) in [7, 11) is 0. The number of fused-ring (bicyclic) bond motifs is 1. The Kier molecular flexibility index (Phi) is 4.63. The molecule has 4 nitrogen and oxygen atoms in total. The quantitative estimate of drug-likeness (QED) is 0.811. The van der Waals surface area contributed by atoms with Crippen LogP contribution in [0, 0.1) is 5.92 Å². The van der Waals surface area contributed by atoms with E-state index in [1.165, 1.54) is 11.3 Å². The number of nitrogens with one attached hydrogen (secondary N) is 2. The first-order valence-corrected chi connectivity index (χ1v) is 8.13. The highest BCUT2D eigenvalue weighted by molar-refractivity contribution is 5.93. The fourth-order valence-electron chi connectivity index (χ4n) is 2.94. The highest BCUT2D eigenvalue weighted by atomic mass is 16.1. The maximum absolute atomic E-state index is 12.5. The minimum absolute atomic E-state index is 0.0509. The van der Waals surface area contributed by atoms with Crippen LogP contribution in [0.3, 0.4) is 0 Å². The van der Waals surface area contributed by atoms with Gasteiger partial charge in [0, 0.05) is 24.0 Å². The minimum Gasteiger partial charge on any atom is -0.385 e. The van der Waals surface area contributed by atoms with Crippen LogP contribution in [0.2, 0.25) is 0 Å². The van der Waals surface area contributed by atoms with Gasteiger partial charge in [0.2, 0.25) is 5.91 Å². The molecule has 1 aliphatic rings. The smallest absolute Gasteiger partial charge is 0.229 e. The normalized spacial score (nSPS) is 15.9. The fraction of sp³-hybridized carbons (Fsp3) is 0.316. The molecule has 4 N–H and O–H groups in total. The Bertz CT molecular complexity index is 684. The molecule has 3 rings (SSSR count). The average Bonchev–Trinajstić information content (AvgIpc) is 2.61. The second kappa shape index (κ2) is 6.84. The number of amides is 1. The van der Waals surface area contributed by atoms with Gasteiger partial charge in [0.05, 0.1) is 5.92 Å². The SMILES string of the molecule is CC(C(=O)Nc1ccc2c(c1)CCCN2)C(N)c1ccccc1. The lowest BCUT2D eigenvalue weighted by Gasteiger charge is -2.21. The molecule has 0 aromatic heterocycles. The van der Waals surface area contributed by atoms with E-state index >= 15 is 0 Å². The Morgan fingerprint density at radius 3 is 2.78 bits per heavy atom. The summed E-state index contributed by atoms with van der Waals surface area (Å²) in [6.07, 6.45) is 2.17. The molecule has 2 atom stereocenters. The number of aryl methyl sites for hydroxylation is 1. The van der Waals surface area contributed by atoms with Crippen LogP contribution in [0.15, 0.2) is 48.5 Å². The second-order valence-electron chi connectivity index (χ2n) is 6.12. The van der Waals surface area contributed by atoms with E-state index in [4.69, 9.17) is 5.73 Å². The molecule has 0 saturated heterocycles. The predicted molar refractivity (Wildman–Crippen MR) is 94.4 cm³/mol. The highest BCUT2D eigenvalue weighted by Crippen LogP contribution is 2.26. The third kappa shape index (κ3) is 3.54. The van der Waals surface area contributed by atoms with E-state index in [2.05, 4.69) is 16.7 Å². The van der Waals surface area contributed by atoms with Gasteiger partial charge in [-0.1, -0.05) is 37.3 Å². The molecule has 2 aromatic carbocycles. The zero-order valence-corrected chi connectivity index (χ0v) is 13.4. The van der Waals surface area contributed by atoms with Crippen molar-refractivity contribution >= 4 is 17.3 Å². The van der Waals surface area contributed by atoms with Gasteiger partial charge < -0.3 is 16.4 Å². The van der Waals surface area contributed by atoms with Crippen molar-refractivity contribution in [3.8, 4) is 0 Å². The van der Waals surface area contributed by atoms with E-state index in [1.807, 2.05) is 49.4 Å². The van der Waals surface area contributed by atoms with Crippen LogP contribution in [0.1, 0.15) is 30.5 Å². The molecule has 2 aromatic rings. The van der Waals surface area contributed by atoms with Gasteiger partial charge in [-0.2, -0.15) is 0 Å². The molecular weight excluding hydrogens is 286 g/mol. The molecule has 0 saturated carbocycles. The van der Waals surface area contributed by atoms with Crippen LogP contribution in [-0.4, -0.2) is 12.5 Å². The number of hydrogen-bond acceptors (Lipinski definition) is 3. The van der Waals surface area contributed by atoms with Crippen molar-refractivity contribution in [2.45, 2.75) is 25.8 Å². The molecule has 1 amide bonds. The summed E-state index contributed by atoms with van der Waals surface area (Å²) in [6, 6.07) is 15.5.